The highest BCUT2D eigenvalue weighted by atomic mass is 16.5. The molecule has 5 atom stereocenters. The Kier molecular flexibility index (Phi) is 4.94. The Bertz CT molecular complexity index is 929. The molecule has 5 nitrogen and oxygen atoms in total. The van der Waals surface area contributed by atoms with Crippen molar-refractivity contribution in [2.24, 2.45) is 5.92 Å². The van der Waals surface area contributed by atoms with E-state index in [1.165, 1.54) is 24.8 Å². The fraction of sp³-hybridized carbons (Fsp3) is 0.630. The molecule has 1 aromatic rings. The monoisotopic (exact) mass is 434 g/mol. The summed E-state index contributed by atoms with van der Waals surface area (Å²) in [6.45, 7) is 2.08. The van der Waals surface area contributed by atoms with Gasteiger partial charge in [-0.05, 0) is 38.2 Å². The molecule has 6 rings (SSSR count). The molecule has 1 spiro atoms. The number of benzene rings is 1. The van der Waals surface area contributed by atoms with Crippen LogP contribution in [0.15, 0.2) is 36.4 Å². The molecule has 4 fully saturated rings. The lowest BCUT2D eigenvalue weighted by Gasteiger charge is -2.38. The van der Waals surface area contributed by atoms with Crippen molar-refractivity contribution in [1.82, 2.24) is 10.2 Å². The maximum absolute atomic E-state index is 14.1. The summed E-state index contributed by atoms with van der Waals surface area (Å²) in [5.74, 6) is -0.223. The summed E-state index contributed by atoms with van der Waals surface area (Å²) < 4.78 is 6.64. The third-order valence-electron chi connectivity index (χ3n) is 8.69. The largest absolute Gasteiger partial charge is 0.359 e. The van der Waals surface area contributed by atoms with E-state index in [-0.39, 0.29) is 41.8 Å². The van der Waals surface area contributed by atoms with E-state index in [1.54, 1.807) is 0 Å². The van der Waals surface area contributed by atoms with Crippen molar-refractivity contribution in [2.75, 3.05) is 0 Å². The number of ether oxygens (including phenoxy) is 1. The zero-order valence-corrected chi connectivity index (χ0v) is 19.0. The van der Waals surface area contributed by atoms with Crippen molar-refractivity contribution in [3.63, 3.8) is 0 Å². The number of hydrogen-bond acceptors (Lipinski definition) is 3. The molecule has 1 aromatic carbocycles. The first-order valence-corrected chi connectivity index (χ1v) is 12.6. The van der Waals surface area contributed by atoms with Gasteiger partial charge in [0.1, 0.15) is 11.6 Å². The summed E-state index contributed by atoms with van der Waals surface area (Å²) in [6.07, 6.45) is 13.9. The maximum atomic E-state index is 14.1. The summed E-state index contributed by atoms with van der Waals surface area (Å²) in [4.78, 5) is 29.9. The quantitative estimate of drug-likeness (QED) is 0.729. The van der Waals surface area contributed by atoms with Gasteiger partial charge in [-0.15, -0.1) is 0 Å². The molecule has 2 saturated heterocycles. The highest BCUT2D eigenvalue weighted by Crippen LogP contribution is 2.59. The lowest BCUT2D eigenvalue weighted by Crippen LogP contribution is -2.58. The minimum absolute atomic E-state index is 0.00632. The van der Waals surface area contributed by atoms with Gasteiger partial charge in [0.2, 0.25) is 11.8 Å². The molecular formula is C27H34N2O3. The molecule has 2 saturated carbocycles. The first-order valence-electron chi connectivity index (χ1n) is 12.6. The van der Waals surface area contributed by atoms with Gasteiger partial charge >= 0.3 is 0 Å². The van der Waals surface area contributed by atoms with Gasteiger partial charge in [0.25, 0.3) is 0 Å². The van der Waals surface area contributed by atoms with Crippen LogP contribution in [0, 0.1) is 12.8 Å². The molecule has 170 valence electrons. The van der Waals surface area contributed by atoms with E-state index < -0.39 is 11.6 Å². The molecule has 1 N–H and O–H groups in total. The van der Waals surface area contributed by atoms with E-state index in [0.29, 0.717) is 0 Å². The first-order chi connectivity index (χ1) is 15.6. The van der Waals surface area contributed by atoms with E-state index in [0.717, 1.165) is 44.1 Å². The fourth-order valence-corrected chi connectivity index (χ4v) is 7.18. The molecule has 2 amide bonds. The molecule has 3 heterocycles. The van der Waals surface area contributed by atoms with Gasteiger partial charge in [0, 0.05) is 18.0 Å². The van der Waals surface area contributed by atoms with Crippen LogP contribution >= 0.6 is 0 Å². The number of nitrogens with zero attached hydrogens (tertiary/aromatic N) is 1. The van der Waals surface area contributed by atoms with E-state index in [9.17, 15) is 9.59 Å². The van der Waals surface area contributed by atoms with Crippen LogP contribution in [0.4, 0.5) is 0 Å². The van der Waals surface area contributed by atoms with Crippen LogP contribution in [-0.2, 0) is 14.3 Å². The normalized spacial score (nSPS) is 36.8. The summed E-state index contributed by atoms with van der Waals surface area (Å²) in [6, 6.07) is 8.31. The predicted octanol–water partition coefficient (Wildman–Crippen LogP) is 4.00. The zero-order valence-electron chi connectivity index (χ0n) is 19.0. The Morgan fingerprint density at radius 2 is 1.72 bits per heavy atom. The summed E-state index contributed by atoms with van der Waals surface area (Å²) in [7, 11) is 0. The number of carbonyl (C=O) groups is 2. The Hall–Kier alpha value is -2.14. The number of nitrogens with one attached hydrogen (secondary N) is 1. The van der Waals surface area contributed by atoms with Crippen LogP contribution in [0.5, 0.6) is 0 Å². The fourth-order valence-electron chi connectivity index (χ4n) is 7.18. The standard InChI is InChI=1S/C27H34N2O3/c1-17-11-13-18(14-12-17)22-21-15-16-27(32-21)23(22)26(31)29(20-9-3-2-4-10-20)24(27)25(30)28-19-7-5-6-8-19/h11-16,19-24H,2-10H2,1H3,(H,28,30)/t21-,22-,23-,24+,27-/m0/s1. The number of aryl methyl sites for hydroxylation is 1. The highest BCUT2D eigenvalue weighted by molar-refractivity contribution is 5.97. The van der Waals surface area contributed by atoms with E-state index in [4.69, 9.17) is 4.74 Å². The summed E-state index contributed by atoms with van der Waals surface area (Å²) >= 11 is 0. The average Bonchev–Trinajstić information content (AvgIpc) is 3.57. The second kappa shape index (κ2) is 7.72. The Balaban J connectivity index is 1.39. The number of hydrogen-bond donors (Lipinski definition) is 1. The number of likely N-dealkylation sites (tertiary alicyclic amines) is 1. The van der Waals surface area contributed by atoms with Gasteiger partial charge in [-0.25, -0.2) is 0 Å². The molecule has 0 radical (unpaired) electrons. The Morgan fingerprint density at radius 3 is 2.44 bits per heavy atom. The Morgan fingerprint density at radius 1 is 1.03 bits per heavy atom. The smallest absolute Gasteiger partial charge is 0.246 e. The Labute approximate surface area is 190 Å². The first kappa shape index (κ1) is 20.5. The van der Waals surface area contributed by atoms with E-state index >= 15 is 0 Å². The number of fused-ring (bicyclic) bond motifs is 1. The van der Waals surface area contributed by atoms with Crippen molar-refractivity contribution in [3.8, 4) is 0 Å². The van der Waals surface area contributed by atoms with E-state index in [1.807, 2.05) is 4.90 Å². The molecule has 0 unspecified atom stereocenters. The van der Waals surface area contributed by atoms with Crippen LogP contribution in [0.3, 0.4) is 0 Å². The predicted molar refractivity (Wildman–Crippen MR) is 122 cm³/mol. The highest BCUT2D eigenvalue weighted by Gasteiger charge is 2.72. The van der Waals surface area contributed by atoms with Crippen LogP contribution < -0.4 is 5.32 Å². The van der Waals surface area contributed by atoms with Gasteiger partial charge in [0.15, 0.2) is 0 Å². The van der Waals surface area contributed by atoms with Crippen LogP contribution in [0.25, 0.3) is 0 Å². The second-order valence-electron chi connectivity index (χ2n) is 10.6. The van der Waals surface area contributed by atoms with Crippen molar-refractivity contribution >= 4 is 11.8 Å². The zero-order chi connectivity index (χ0) is 21.9. The van der Waals surface area contributed by atoms with Gasteiger partial charge in [-0.3, -0.25) is 9.59 Å². The molecule has 2 aliphatic carbocycles. The van der Waals surface area contributed by atoms with Crippen LogP contribution in [0.1, 0.15) is 74.8 Å². The molecule has 0 aromatic heterocycles. The lowest BCUT2D eigenvalue weighted by atomic mass is 9.72. The second-order valence-corrected chi connectivity index (χ2v) is 10.6. The van der Waals surface area contributed by atoms with E-state index in [2.05, 4.69) is 48.7 Å². The van der Waals surface area contributed by atoms with Crippen LogP contribution in [-0.4, -0.2) is 46.5 Å². The molecule has 5 aliphatic rings. The molecule has 2 bridgehead atoms. The van der Waals surface area contributed by atoms with Crippen molar-refractivity contribution < 1.29 is 14.3 Å². The molecule has 3 aliphatic heterocycles. The van der Waals surface area contributed by atoms with Gasteiger partial charge in [-0.2, -0.15) is 0 Å². The maximum Gasteiger partial charge on any atom is 0.246 e. The van der Waals surface area contributed by atoms with Gasteiger partial charge in [-0.1, -0.05) is 74.1 Å². The van der Waals surface area contributed by atoms with Gasteiger partial charge < -0.3 is 15.0 Å². The number of carbonyl (C=O) groups excluding carboxylic acids is 2. The SMILES string of the molecule is Cc1ccc([C@H]2[C@@H]3C=C[C@]4(O3)[C@@H]2C(=O)N(C2CCCCC2)[C@@H]4C(=O)NC2CCCC2)cc1. The number of amides is 2. The molecule has 5 heteroatoms. The van der Waals surface area contributed by atoms with Crippen LogP contribution in [0.2, 0.25) is 0 Å². The van der Waals surface area contributed by atoms with Crippen molar-refractivity contribution in [3.05, 3.63) is 47.5 Å². The molecule has 32 heavy (non-hydrogen) atoms. The topological polar surface area (TPSA) is 58.6 Å². The minimum atomic E-state index is -0.836. The summed E-state index contributed by atoms with van der Waals surface area (Å²) in [5.41, 5.74) is 1.52. The molecular weight excluding hydrogens is 400 g/mol. The van der Waals surface area contributed by atoms with Gasteiger partial charge in [0.05, 0.1) is 12.0 Å². The van der Waals surface area contributed by atoms with Crippen molar-refractivity contribution in [2.45, 2.75) is 100 Å². The minimum Gasteiger partial charge on any atom is -0.359 e. The van der Waals surface area contributed by atoms with Crippen molar-refractivity contribution in [1.29, 1.82) is 0 Å². The average molecular weight is 435 g/mol. The number of rotatable bonds is 4. The summed E-state index contributed by atoms with van der Waals surface area (Å²) in [5, 5.41) is 3.32. The third kappa shape index (κ3) is 3.00. The lowest BCUT2D eigenvalue weighted by molar-refractivity contribution is -0.143. The third-order valence-corrected chi connectivity index (χ3v) is 8.69.